The van der Waals surface area contributed by atoms with Gasteiger partial charge in [-0.15, -0.1) is 11.3 Å². The van der Waals surface area contributed by atoms with Gasteiger partial charge in [-0.1, -0.05) is 29.8 Å². The molecule has 2 nitrogen and oxygen atoms in total. The van der Waals surface area contributed by atoms with Gasteiger partial charge in [0.1, 0.15) is 11.5 Å². The second kappa shape index (κ2) is 4.34. The molecule has 0 aliphatic heterocycles. The van der Waals surface area contributed by atoms with E-state index in [-0.39, 0.29) is 0 Å². The molecular weight excluding hydrogens is 264 g/mol. The molecule has 3 rings (SSSR count). The van der Waals surface area contributed by atoms with E-state index < -0.39 is 0 Å². The first kappa shape index (κ1) is 11.6. The van der Waals surface area contributed by atoms with E-state index in [4.69, 9.17) is 11.6 Å². The van der Waals surface area contributed by atoms with E-state index >= 15 is 0 Å². The molecule has 0 spiro atoms. The van der Waals surface area contributed by atoms with E-state index in [9.17, 15) is 0 Å². The molecule has 4 heteroatoms. The summed E-state index contributed by atoms with van der Waals surface area (Å²) in [6.45, 7) is 4.24. The fraction of sp³-hybridized carbons (Fsp3) is 0.143. The smallest absolute Gasteiger partial charge is 0.150 e. The minimum absolute atomic E-state index is 0.528. The summed E-state index contributed by atoms with van der Waals surface area (Å²) >= 11 is 7.66. The number of aromatic nitrogens is 2. The molecule has 1 aromatic carbocycles. The van der Waals surface area contributed by atoms with Crippen LogP contribution in [0.15, 0.2) is 29.9 Å². The molecule has 0 bridgehead atoms. The van der Waals surface area contributed by atoms with Gasteiger partial charge in [0.25, 0.3) is 0 Å². The van der Waals surface area contributed by atoms with Crippen LogP contribution in [0.25, 0.3) is 21.3 Å². The van der Waals surface area contributed by atoms with Crippen molar-refractivity contribution >= 4 is 33.2 Å². The van der Waals surface area contributed by atoms with Crippen LogP contribution in [0.5, 0.6) is 0 Å². The van der Waals surface area contributed by atoms with Gasteiger partial charge >= 0.3 is 0 Å². The lowest BCUT2D eigenvalue weighted by Gasteiger charge is -2.04. The van der Waals surface area contributed by atoms with Crippen molar-refractivity contribution in [3.63, 3.8) is 0 Å². The fourth-order valence-electron chi connectivity index (χ4n) is 1.94. The number of nitrogens with zero attached hydrogens (tertiary/aromatic N) is 2. The van der Waals surface area contributed by atoms with Gasteiger partial charge in [-0.05, 0) is 30.5 Å². The normalized spacial score (nSPS) is 11.1. The number of fused-ring (bicyclic) bond motifs is 1. The monoisotopic (exact) mass is 274 g/mol. The summed E-state index contributed by atoms with van der Waals surface area (Å²) in [6.07, 6.45) is 1.52. The summed E-state index contributed by atoms with van der Waals surface area (Å²) in [6, 6.07) is 6.45. The number of benzene rings is 1. The van der Waals surface area contributed by atoms with E-state index in [1.54, 1.807) is 11.3 Å². The van der Waals surface area contributed by atoms with Gasteiger partial charge in [0, 0.05) is 10.9 Å². The third-order valence-corrected chi connectivity index (χ3v) is 4.50. The summed E-state index contributed by atoms with van der Waals surface area (Å²) in [5.41, 5.74) is 5.82. The van der Waals surface area contributed by atoms with Crippen molar-refractivity contribution in [2.24, 2.45) is 0 Å². The highest BCUT2D eigenvalue weighted by Gasteiger charge is 2.11. The molecule has 3 aromatic rings. The quantitative estimate of drug-likeness (QED) is 0.605. The van der Waals surface area contributed by atoms with Gasteiger partial charge in [-0.25, -0.2) is 9.97 Å². The molecule has 0 radical (unpaired) electrons. The minimum Gasteiger partial charge on any atom is -0.235 e. The Balaban J connectivity index is 2.25. The third-order valence-electron chi connectivity index (χ3n) is 3.13. The predicted molar refractivity (Wildman–Crippen MR) is 77.3 cm³/mol. The summed E-state index contributed by atoms with van der Waals surface area (Å²) in [4.78, 5) is 8.36. The maximum absolute atomic E-state index is 6.07. The summed E-state index contributed by atoms with van der Waals surface area (Å²) in [7, 11) is 0. The van der Waals surface area contributed by atoms with Crippen molar-refractivity contribution in [1.82, 2.24) is 9.97 Å². The van der Waals surface area contributed by atoms with Gasteiger partial charge < -0.3 is 0 Å². The zero-order chi connectivity index (χ0) is 12.7. The van der Waals surface area contributed by atoms with Crippen LogP contribution in [0, 0.1) is 13.8 Å². The van der Waals surface area contributed by atoms with Crippen LogP contribution in [0.3, 0.4) is 0 Å². The Labute approximate surface area is 114 Å². The van der Waals surface area contributed by atoms with Crippen molar-refractivity contribution in [3.8, 4) is 11.1 Å². The Morgan fingerprint density at radius 1 is 1.11 bits per heavy atom. The highest BCUT2D eigenvalue weighted by Crippen LogP contribution is 2.35. The van der Waals surface area contributed by atoms with E-state index in [1.165, 1.54) is 23.0 Å². The molecule has 0 atom stereocenters. The van der Waals surface area contributed by atoms with Crippen LogP contribution in [0.4, 0.5) is 0 Å². The van der Waals surface area contributed by atoms with E-state index in [2.05, 4.69) is 47.4 Å². The third kappa shape index (κ3) is 1.80. The summed E-state index contributed by atoms with van der Waals surface area (Å²) in [5.74, 6) is 0. The zero-order valence-electron chi connectivity index (χ0n) is 10.1. The van der Waals surface area contributed by atoms with Crippen molar-refractivity contribution < 1.29 is 0 Å². The molecule has 0 aliphatic rings. The van der Waals surface area contributed by atoms with Gasteiger partial charge in [0.15, 0.2) is 0 Å². The van der Waals surface area contributed by atoms with Gasteiger partial charge in [-0.3, -0.25) is 0 Å². The highest BCUT2D eigenvalue weighted by molar-refractivity contribution is 7.18. The lowest BCUT2D eigenvalue weighted by molar-refractivity contribution is 1.23. The first-order valence-corrected chi connectivity index (χ1v) is 6.88. The second-order valence-electron chi connectivity index (χ2n) is 4.29. The molecule has 0 N–H and O–H groups in total. The Kier molecular flexibility index (Phi) is 2.80. The van der Waals surface area contributed by atoms with Crippen LogP contribution in [0.1, 0.15) is 11.1 Å². The van der Waals surface area contributed by atoms with Crippen LogP contribution in [0.2, 0.25) is 5.15 Å². The zero-order valence-corrected chi connectivity index (χ0v) is 11.6. The number of hydrogen-bond acceptors (Lipinski definition) is 3. The average Bonchev–Trinajstić information content (AvgIpc) is 2.78. The standard InChI is InChI=1S/C14H11ClN2S/c1-8-3-4-10(5-9(8)2)11-6-18-13-12(11)16-7-17-14(13)15/h3-7H,1-2H3. The molecule has 2 aromatic heterocycles. The molecule has 18 heavy (non-hydrogen) atoms. The summed E-state index contributed by atoms with van der Waals surface area (Å²) < 4.78 is 0.951. The van der Waals surface area contributed by atoms with Crippen molar-refractivity contribution in [2.45, 2.75) is 13.8 Å². The van der Waals surface area contributed by atoms with Crippen molar-refractivity contribution in [2.75, 3.05) is 0 Å². The van der Waals surface area contributed by atoms with Crippen LogP contribution < -0.4 is 0 Å². The lowest BCUT2D eigenvalue weighted by Crippen LogP contribution is -1.84. The van der Waals surface area contributed by atoms with E-state index in [1.807, 2.05) is 0 Å². The van der Waals surface area contributed by atoms with Gasteiger partial charge in [0.05, 0.1) is 10.2 Å². The van der Waals surface area contributed by atoms with Gasteiger partial charge in [-0.2, -0.15) is 0 Å². The maximum atomic E-state index is 6.07. The summed E-state index contributed by atoms with van der Waals surface area (Å²) in [5, 5.41) is 2.62. The first-order valence-electron chi connectivity index (χ1n) is 5.62. The molecule has 0 unspecified atom stereocenters. The molecule has 2 heterocycles. The van der Waals surface area contributed by atoms with Crippen LogP contribution >= 0.6 is 22.9 Å². The minimum atomic E-state index is 0.528. The molecule has 0 saturated heterocycles. The number of thiophene rings is 1. The number of rotatable bonds is 1. The Hall–Kier alpha value is -1.45. The number of aryl methyl sites for hydroxylation is 2. The SMILES string of the molecule is Cc1ccc(-c2csc3c(Cl)ncnc23)cc1C. The predicted octanol–water partition coefficient (Wildman–Crippen LogP) is 4.63. The van der Waals surface area contributed by atoms with E-state index in [0.717, 1.165) is 15.8 Å². The van der Waals surface area contributed by atoms with Crippen LogP contribution in [-0.2, 0) is 0 Å². The van der Waals surface area contributed by atoms with Crippen molar-refractivity contribution in [1.29, 1.82) is 0 Å². The molecule has 0 amide bonds. The first-order chi connectivity index (χ1) is 8.66. The molecule has 0 fully saturated rings. The number of hydrogen-bond donors (Lipinski definition) is 0. The molecule has 90 valence electrons. The van der Waals surface area contributed by atoms with E-state index in [0.29, 0.717) is 5.15 Å². The molecular formula is C14H11ClN2S. The average molecular weight is 275 g/mol. The topological polar surface area (TPSA) is 25.8 Å². The van der Waals surface area contributed by atoms with Crippen molar-refractivity contribution in [3.05, 3.63) is 46.2 Å². The maximum Gasteiger partial charge on any atom is 0.150 e. The Morgan fingerprint density at radius 3 is 2.72 bits per heavy atom. The second-order valence-corrected chi connectivity index (χ2v) is 5.53. The molecule has 0 aliphatic carbocycles. The number of halogens is 1. The Morgan fingerprint density at radius 2 is 1.94 bits per heavy atom. The largest absolute Gasteiger partial charge is 0.235 e. The molecule has 0 saturated carbocycles. The fourth-order valence-corrected chi connectivity index (χ4v) is 3.11. The van der Waals surface area contributed by atoms with Gasteiger partial charge in [0.2, 0.25) is 0 Å². The highest BCUT2D eigenvalue weighted by atomic mass is 35.5. The van der Waals surface area contributed by atoms with Crippen LogP contribution in [-0.4, -0.2) is 9.97 Å². The lowest BCUT2D eigenvalue weighted by atomic mass is 10.0. The Bertz CT molecular complexity index is 734.